The lowest BCUT2D eigenvalue weighted by molar-refractivity contribution is -0.120. The SMILES string of the molecule is CN=C(NC)NCC(=O)NC1CCCCC1.I. The molecule has 1 amide bonds. The van der Waals surface area contributed by atoms with Crippen molar-refractivity contribution in [2.75, 3.05) is 20.6 Å². The van der Waals surface area contributed by atoms with Crippen LogP contribution in [-0.4, -0.2) is 38.5 Å². The molecule has 1 aliphatic rings. The maximum absolute atomic E-state index is 11.6. The molecule has 6 heteroatoms. The molecule has 0 bridgehead atoms. The topological polar surface area (TPSA) is 65.5 Å². The van der Waals surface area contributed by atoms with Crippen molar-refractivity contribution in [1.29, 1.82) is 0 Å². The van der Waals surface area contributed by atoms with Crippen molar-refractivity contribution in [3.63, 3.8) is 0 Å². The van der Waals surface area contributed by atoms with Crippen LogP contribution in [0.1, 0.15) is 32.1 Å². The number of amides is 1. The Labute approximate surface area is 120 Å². The first-order chi connectivity index (χ1) is 7.76. The van der Waals surface area contributed by atoms with Gasteiger partial charge in [0.25, 0.3) is 0 Å². The van der Waals surface area contributed by atoms with Gasteiger partial charge in [0.2, 0.25) is 5.91 Å². The largest absolute Gasteiger partial charge is 0.359 e. The summed E-state index contributed by atoms with van der Waals surface area (Å²) in [5.41, 5.74) is 0. The van der Waals surface area contributed by atoms with Gasteiger partial charge in [-0.25, -0.2) is 0 Å². The summed E-state index contributed by atoms with van der Waals surface area (Å²) in [5, 5.41) is 8.84. The van der Waals surface area contributed by atoms with Crippen LogP contribution in [0.25, 0.3) is 0 Å². The summed E-state index contributed by atoms with van der Waals surface area (Å²) in [6, 6.07) is 0.375. The predicted octanol–water partition coefficient (Wildman–Crippen LogP) is 0.848. The van der Waals surface area contributed by atoms with Crippen LogP contribution in [0.2, 0.25) is 0 Å². The highest BCUT2D eigenvalue weighted by Crippen LogP contribution is 2.16. The van der Waals surface area contributed by atoms with E-state index in [9.17, 15) is 4.79 Å². The molecule has 1 saturated carbocycles. The zero-order valence-corrected chi connectivity index (χ0v) is 12.9. The van der Waals surface area contributed by atoms with E-state index < -0.39 is 0 Å². The quantitative estimate of drug-likeness (QED) is 0.400. The molecule has 0 aromatic heterocycles. The molecular weight excluding hydrogens is 331 g/mol. The number of hydrogen-bond donors (Lipinski definition) is 3. The van der Waals surface area contributed by atoms with Gasteiger partial charge in [-0.2, -0.15) is 0 Å². The molecule has 0 heterocycles. The molecule has 0 aromatic carbocycles. The molecule has 17 heavy (non-hydrogen) atoms. The Morgan fingerprint density at radius 1 is 1.29 bits per heavy atom. The highest BCUT2D eigenvalue weighted by molar-refractivity contribution is 14.0. The molecule has 0 radical (unpaired) electrons. The molecule has 0 spiro atoms. The molecule has 0 atom stereocenters. The number of nitrogens with one attached hydrogen (secondary N) is 3. The maximum atomic E-state index is 11.6. The Balaban J connectivity index is 0.00000256. The van der Waals surface area contributed by atoms with Gasteiger partial charge < -0.3 is 16.0 Å². The normalized spacial score (nSPS) is 16.9. The second-order valence-corrected chi connectivity index (χ2v) is 4.08. The minimum absolute atomic E-state index is 0. The van der Waals surface area contributed by atoms with E-state index in [1.54, 1.807) is 14.1 Å². The van der Waals surface area contributed by atoms with Gasteiger partial charge in [-0.3, -0.25) is 9.79 Å². The summed E-state index contributed by atoms with van der Waals surface area (Å²) in [5.74, 6) is 0.682. The van der Waals surface area contributed by atoms with Crippen molar-refractivity contribution < 1.29 is 4.79 Å². The number of rotatable bonds is 3. The Hall–Kier alpha value is -0.530. The monoisotopic (exact) mass is 354 g/mol. The van der Waals surface area contributed by atoms with Crippen molar-refractivity contribution in [2.45, 2.75) is 38.1 Å². The summed E-state index contributed by atoms with van der Waals surface area (Å²) >= 11 is 0. The van der Waals surface area contributed by atoms with E-state index >= 15 is 0 Å². The number of aliphatic imine (C=N–C) groups is 1. The molecule has 1 rings (SSSR count). The second-order valence-electron chi connectivity index (χ2n) is 4.08. The highest BCUT2D eigenvalue weighted by atomic mass is 127. The molecule has 1 fully saturated rings. The van der Waals surface area contributed by atoms with Crippen molar-refractivity contribution in [2.24, 2.45) is 4.99 Å². The van der Waals surface area contributed by atoms with E-state index in [4.69, 9.17) is 0 Å². The van der Waals surface area contributed by atoms with Crippen LogP contribution in [0.5, 0.6) is 0 Å². The van der Waals surface area contributed by atoms with Crippen LogP contribution >= 0.6 is 24.0 Å². The number of carbonyl (C=O) groups is 1. The molecule has 3 N–H and O–H groups in total. The number of nitrogens with zero attached hydrogens (tertiary/aromatic N) is 1. The van der Waals surface area contributed by atoms with E-state index in [1.165, 1.54) is 19.3 Å². The fourth-order valence-electron chi connectivity index (χ4n) is 1.97. The molecule has 100 valence electrons. The molecule has 5 nitrogen and oxygen atoms in total. The minimum Gasteiger partial charge on any atom is -0.359 e. The molecule has 1 aliphatic carbocycles. The lowest BCUT2D eigenvalue weighted by Gasteiger charge is -2.22. The highest BCUT2D eigenvalue weighted by Gasteiger charge is 2.15. The van der Waals surface area contributed by atoms with Crippen LogP contribution in [0.15, 0.2) is 4.99 Å². The van der Waals surface area contributed by atoms with Crippen molar-refractivity contribution >= 4 is 35.8 Å². The van der Waals surface area contributed by atoms with Gasteiger partial charge in [-0.1, -0.05) is 19.3 Å². The van der Waals surface area contributed by atoms with Gasteiger partial charge in [0.05, 0.1) is 6.54 Å². The van der Waals surface area contributed by atoms with E-state index in [2.05, 4.69) is 20.9 Å². The fourth-order valence-corrected chi connectivity index (χ4v) is 1.97. The summed E-state index contributed by atoms with van der Waals surface area (Å²) in [6.07, 6.45) is 6.00. The number of halogens is 1. The second kappa shape index (κ2) is 9.49. The lowest BCUT2D eigenvalue weighted by atomic mass is 9.95. The third kappa shape index (κ3) is 6.70. The third-order valence-electron chi connectivity index (χ3n) is 2.85. The van der Waals surface area contributed by atoms with Crippen molar-refractivity contribution in [3.8, 4) is 0 Å². The first-order valence-corrected chi connectivity index (χ1v) is 5.94. The Morgan fingerprint density at radius 3 is 2.47 bits per heavy atom. The average Bonchev–Trinajstić information content (AvgIpc) is 2.31. The van der Waals surface area contributed by atoms with Crippen molar-refractivity contribution in [1.82, 2.24) is 16.0 Å². The lowest BCUT2D eigenvalue weighted by Crippen LogP contribution is -2.45. The zero-order chi connectivity index (χ0) is 11.8. The first-order valence-electron chi connectivity index (χ1n) is 5.94. The van der Waals surface area contributed by atoms with Crippen LogP contribution < -0.4 is 16.0 Å². The van der Waals surface area contributed by atoms with E-state index in [0.717, 1.165) is 12.8 Å². The van der Waals surface area contributed by atoms with Crippen LogP contribution in [-0.2, 0) is 4.79 Å². The molecule has 0 aromatic rings. The van der Waals surface area contributed by atoms with Gasteiger partial charge in [0.15, 0.2) is 5.96 Å². The maximum Gasteiger partial charge on any atom is 0.239 e. The van der Waals surface area contributed by atoms with Crippen molar-refractivity contribution in [3.05, 3.63) is 0 Å². The van der Waals surface area contributed by atoms with E-state index in [1.807, 2.05) is 0 Å². The molecule has 0 unspecified atom stereocenters. The summed E-state index contributed by atoms with van der Waals surface area (Å²) in [6.45, 7) is 0.282. The molecule has 0 saturated heterocycles. The summed E-state index contributed by atoms with van der Waals surface area (Å²) in [7, 11) is 3.45. The minimum atomic E-state index is 0. The number of guanidine groups is 1. The van der Waals surface area contributed by atoms with Gasteiger partial charge in [-0.15, -0.1) is 24.0 Å². The Morgan fingerprint density at radius 2 is 1.94 bits per heavy atom. The van der Waals surface area contributed by atoms with E-state index in [0.29, 0.717) is 12.0 Å². The van der Waals surface area contributed by atoms with Crippen LogP contribution in [0, 0.1) is 0 Å². The standard InChI is InChI=1S/C11H22N4O.HI/c1-12-11(13-2)14-8-10(16)15-9-6-4-3-5-7-9;/h9H,3-8H2,1-2H3,(H,15,16)(H2,12,13,14);1H. The smallest absolute Gasteiger partial charge is 0.239 e. The molecule has 0 aliphatic heterocycles. The third-order valence-corrected chi connectivity index (χ3v) is 2.85. The van der Waals surface area contributed by atoms with Gasteiger partial charge in [0, 0.05) is 20.1 Å². The first kappa shape index (κ1) is 16.5. The Bertz CT molecular complexity index is 252. The van der Waals surface area contributed by atoms with E-state index in [-0.39, 0.29) is 36.4 Å². The van der Waals surface area contributed by atoms with Crippen LogP contribution in [0.4, 0.5) is 0 Å². The Kier molecular flexibility index (Phi) is 9.20. The summed E-state index contributed by atoms with van der Waals surface area (Å²) in [4.78, 5) is 15.5. The predicted molar refractivity (Wildman–Crippen MR) is 80.9 cm³/mol. The molecular formula is C11H23IN4O. The average molecular weight is 354 g/mol. The number of hydrogen-bond acceptors (Lipinski definition) is 2. The van der Waals surface area contributed by atoms with Crippen LogP contribution in [0.3, 0.4) is 0 Å². The van der Waals surface area contributed by atoms with Gasteiger partial charge >= 0.3 is 0 Å². The van der Waals surface area contributed by atoms with Gasteiger partial charge in [-0.05, 0) is 12.8 Å². The fraction of sp³-hybridized carbons (Fsp3) is 0.818. The zero-order valence-electron chi connectivity index (χ0n) is 10.6. The van der Waals surface area contributed by atoms with Gasteiger partial charge in [0.1, 0.15) is 0 Å². The summed E-state index contributed by atoms with van der Waals surface area (Å²) < 4.78 is 0. The number of carbonyl (C=O) groups excluding carboxylic acids is 1.